The van der Waals surface area contributed by atoms with Gasteiger partial charge in [-0.1, -0.05) is 23.2 Å². The molecule has 2 fully saturated rings. The number of anilines is 2. The van der Waals surface area contributed by atoms with Crippen molar-refractivity contribution in [2.45, 2.75) is 51.7 Å². The summed E-state index contributed by atoms with van der Waals surface area (Å²) < 4.78 is 12.9. The van der Waals surface area contributed by atoms with Crippen molar-refractivity contribution in [1.82, 2.24) is 10.6 Å². The minimum atomic E-state index is -1.08. The summed E-state index contributed by atoms with van der Waals surface area (Å²) in [5.41, 5.74) is 1.15. The fraction of sp³-hybridized carbons (Fsp3) is 0.471. The van der Waals surface area contributed by atoms with Crippen LogP contribution in [-0.4, -0.2) is 75.2 Å². The average Bonchev–Trinajstić information content (AvgIpc) is 3.09. The molecule has 2 unspecified atom stereocenters. The van der Waals surface area contributed by atoms with E-state index in [9.17, 15) is 19.2 Å². The normalized spacial score (nSPS) is 17.0. The van der Waals surface area contributed by atoms with Crippen LogP contribution >= 0.6 is 55.1 Å². The number of esters is 2. The van der Waals surface area contributed by atoms with Gasteiger partial charge in [-0.25, -0.2) is 9.59 Å². The average molecular weight is 831 g/mol. The van der Waals surface area contributed by atoms with E-state index in [1.54, 1.807) is 36.4 Å². The van der Waals surface area contributed by atoms with E-state index in [0.717, 1.165) is 12.2 Å². The molecule has 4 rings (SSSR count). The molecule has 0 saturated carbocycles. The summed E-state index contributed by atoms with van der Waals surface area (Å²) in [6.07, 6.45) is 2.26. The Balaban J connectivity index is 1.50. The number of nitrogens with zero attached hydrogens (tertiary/aromatic N) is 2. The predicted molar refractivity (Wildman–Crippen MR) is 194 cm³/mol. The SMILES string of the molecule is CCN(C(=O)C(OC(=O)/C=C/C(=O)OC(C(=O)N(CC)c1ccc(Br)c(Cl)c1)C1CCNCC1)C1CCNCC1)c1ccc(Br)c(Cl)c1. The molecule has 0 aliphatic carbocycles. The second-order valence-electron chi connectivity index (χ2n) is 11.6. The van der Waals surface area contributed by atoms with Crippen molar-refractivity contribution in [2.24, 2.45) is 11.8 Å². The van der Waals surface area contributed by atoms with E-state index in [2.05, 4.69) is 42.5 Å². The van der Waals surface area contributed by atoms with Crippen LogP contribution in [0, 0.1) is 11.8 Å². The largest absolute Gasteiger partial charge is 0.449 e. The van der Waals surface area contributed by atoms with Crippen molar-refractivity contribution in [2.75, 3.05) is 49.1 Å². The minimum absolute atomic E-state index is 0.225. The molecule has 0 radical (unpaired) electrons. The molecule has 2 aromatic carbocycles. The van der Waals surface area contributed by atoms with Crippen LogP contribution in [0.5, 0.6) is 0 Å². The van der Waals surface area contributed by atoms with Gasteiger partial charge in [0.15, 0.2) is 12.2 Å². The Bertz CT molecular complexity index is 1390. The van der Waals surface area contributed by atoms with Crippen LogP contribution in [0.3, 0.4) is 0 Å². The van der Waals surface area contributed by atoms with Gasteiger partial charge in [-0.3, -0.25) is 9.59 Å². The highest BCUT2D eigenvalue weighted by Crippen LogP contribution is 2.31. The number of carbonyl (C=O) groups is 4. The zero-order valence-electron chi connectivity index (χ0n) is 26.9. The summed E-state index contributed by atoms with van der Waals surface area (Å²) in [6, 6.07) is 10.4. The molecule has 0 spiro atoms. The van der Waals surface area contributed by atoms with Crippen molar-refractivity contribution in [1.29, 1.82) is 0 Å². The van der Waals surface area contributed by atoms with Gasteiger partial charge >= 0.3 is 11.9 Å². The molecule has 2 aliphatic heterocycles. The van der Waals surface area contributed by atoms with Gasteiger partial charge in [-0.05, 0) is 134 Å². The number of hydrogen-bond donors (Lipinski definition) is 2. The fourth-order valence-corrected chi connectivity index (χ4v) is 6.84. The number of benzene rings is 2. The quantitative estimate of drug-likeness (QED) is 0.189. The molecular weight excluding hydrogens is 791 g/mol. The zero-order valence-corrected chi connectivity index (χ0v) is 31.5. The molecule has 14 heteroatoms. The first-order valence-electron chi connectivity index (χ1n) is 16.1. The first-order valence-corrected chi connectivity index (χ1v) is 18.4. The van der Waals surface area contributed by atoms with Crippen molar-refractivity contribution in [3.05, 3.63) is 67.5 Å². The number of ether oxygens (including phenoxy) is 2. The number of rotatable bonds is 12. The van der Waals surface area contributed by atoms with Crippen molar-refractivity contribution >= 4 is 90.2 Å². The van der Waals surface area contributed by atoms with Crippen LogP contribution in [0.1, 0.15) is 39.5 Å². The van der Waals surface area contributed by atoms with Crippen LogP contribution in [-0.2, 0) is 28.7 Å². The maximum absolute atomic E-state index is 13.9. The summed E-state index contributed by atoms with van der Waals surface area (Å²) in [7, 11) is 0. The second-order valence-corrected chi connectivity index (χ2v) is 14.1. The molecule has 2 amide bonds. The Morgan fingerprint density at radius 1 is 0.729 bits per heavy atom. The Hall–Kier alpha value is -2.48. The summed E-state index contributed by atoms with van der Waals surface area (Å²) in [6.45, 7) is 7.02. The number of carbonyl (C=O) groups excluding carboxylic acids is 4. The molecule has 2 aromatic rings. The maximum atomic E-state index is 13.9. The van der Waals surface area contributed by atoms with Gasteiger partial charge in [0.05, 0.1) is 10.0 Å². The van der Waals surface area contributed by atoms with E-state index in [1.165, 1.54) is 9.80 Å². The zero-order chi connectivity index (χ0) is 34.8. The van der Waals surface area contributed by atoms with Crippen molar-refractivity contribution < 1.29 is 28.7 Å². The monoisotopic (exact) mass is 828 g/mol. The van der Waals surface area contributed by atoms with E-state index >= 15 is 0 Å². The van der Waals surface area contributed by atoms with Gasteiger partial charge in [0.25, 0.3) is 11.8 Å². The first-order chi connectivity index (χ1) is 23.0. The lowest BCUT2D eigenvalue weighted by Gasteiger charge is -2.33. The number of halogens is 4. The molecule has 2 N–H and O–H groups in total. The van der Waals surface area contributed by atoms with E-state index in [4.69, 9.17) is 32.7 Å². The molecule has 0 bridgehead atoms. The van der Waals surface area contributed by atoms with Gasteiger partial charge in [0, 0.05) is 57.4 Å². The summed E-state index contributed by atoms with van der Waals surface area (Å²) >= 11 is 19.4. The molecule has 2 atom stereocenters. The fourth-order valence-electron chi connectivity index (χ4n) is 6.00. The molecule has 2 heterocycles. The second kappa shape index (κ2) is 18.5. The summed E-state index contributed by atoms with van der Waals surface area (Å²) in [4.78, 5) is 57.1. The molecule has 10 nitrogen and oxygen atoms in total. The van der Waals surface area contributed by atoms with Crippen molar-refractivity contribution in [3.63, 3.8) is 0 Å². The van der Waals surface area contributed by atoms with E-state index in [0.29, 0.717) is 95.3 Å². The van der Waals surface area contributed by atoms with Gasteiger partial charge in [-0.15, -0.1) is 0 Å². The molecule has 2 aliphatic rings. The maximum Gasteiger partial charge on any atom is 0.331 e. The number of hydrogen-bond acceptors (Lipinski definition) is 8. The lowest BCUT2D eigenvalue weighted by Crippen LogP contribution is -2.48. The van der Waals surface area contributed by atoms with Crippen LogP contribution < -0.4 is 20.4 Å². The van der Waals surface area contributed by atoms with Crippen LogP contribution in [0.2, 0.25) is 10.0 Å². The molecule has 2 saturated heterocycles. The third-order valence-corrected chi connectivity index (χ3v) is 11.0. The first kappa shape index (κ1) is 38.3. The van der Waals surface area contributed by atoms with Gasteiger partial charge in [0.1, 0.15) is 0 Å². The summed E-state index contributed by atoms with van der Waals surface area (Å²) in [5, 5.41) is 7.42. The minimum Gasteiger partial charge on any atom is -0.449 e. The van der Waals surface area contributed by atoms with Crippen molar-refractivity contribution in [3.8, 4) is 0 Å². The Labute approximate surface area is 308 Å². The number of amides is 2. The topological polar surface area (TPSA) is 117 Å². The van der Waals surface area contributed by atoms with Gasteiger partial charge < -0.3 is 29.9 Å². The number of nitrogens with one attached hydrogen (secondary N) is 2. The highest BCUT2D eigenvalue weighted by Gasteiger charge is 2.37. The van der Waals surface area contributed by atoms with E-state index in [-0.39, 0.29) is 23.7 Å². The highest BCUT2D eigenvalue weighted by molar-refractivity contribution is 9.10. The van der Waals surface area contributed by atoms with Gasteiger partial charge in [-0.2, -0.15) is 0 Å². The number of likely N-dealkylation sites (N-methyl/N-ethyl adjacent to an activating group) is 2. The molecule has 48 heavy (non-hydrogen) atoms. The van der Waals surface area contributed by atoms with Crippen LogP contribution in [0.4, 0.5) is 11.4 Å². The molecule has 260 valence electrons. The highest BCUT2D eigenvalue weighted by atomic mass is 79.9. The number of piperidine rings is 2. The summed E-state index contributed by atoms with van der Waals surface area (Å²) in [5.74, 6) is -2.93. The molecule has 0 aromatic heterocycles. The lowest BCUT2D eigenvalue weighted by atomic mass is 9.91. The predicted octanol–water partition coefficient (Wildman–Crippen LogP) is 6.30. The standard InChI is InChI=1S/C34H40Br2Cl2N4O6/c1-3-41(23-5-7-25(35)27(37)19-23)33(45)31(21-11-15-39-16-12-21)47-29(43)9-10-30(44)48-32(22-13-17-40-18-14-22)34(46)42(4-2)24-6-8-26(36)28(38)20-24/h5-10,19-22,31-32,39-40H,3-4,11-18H2,1-2H3/b10-9+. The third kappa shape index (κ3) is 10.0. The Morgan fingerprint density at radius 2 is 1.08 bits per heavy atom. The Kier molecular flexibility index (Phi) is 14.8. The van der Waals surface area contributed by atoms with E-state index < -0.39 is 24.1 Å². The van der Waals surface area contributed by atoms with Gasteiger partial charge in [0.2, 0.25) is 0 Å². The molecular formula is C34H40Br2Cl2N4O6. The Morgan fingerprint density at radius 3 is 1.40 bits per heavy atom. The van der Waals surface area contributed by atoms with Crippen LogP contribution in [0.25, 0.3) is 0 Å². The smallest absolute Gasteiger partial charge is 0.331 e. The van der Waals surface area contributed by atoms with Crippen LogP contribution in [0.15, 0.2) is 57.5 Å². The third-order valence-electron chi connectivity index (χ3n) is 8.55. The van der Waals surface area contributed by atoms with E-state index in [1.807, 2.05) is 13.8 Å². The lowest BCUT2D eigenvalue weighted by molar-refractivity contribution is -0.155.